The molecule has 2 aliphatic rings. The molecule has 1 saturated carbocycles. The van der Waals surface area contributed by atoms with Crippen molar-refractivity contribution in [2.45, 2.75) is 44.0 Å². The second kappa shape index (κ2) is 11.0. The molecule has 0 radical (unpaired) electrons. The Balaban J connectivity index is 1.48. The monoisotopic (exact) mass is 574 g/mol. The number of nitrogens with zero attached hydrogens (tertiary/aromatic N) is 2. The van der Waals surface area contributed by atoms with Crippen molar-refractivity contribution in [1.29, 1.82) is 0 Å². The summed E-state index contributed by atoms with van der Waals surface area (Å²) in [5.41, 5.74) is 3.74. The molecule has 1 unspecified atom stereocenters. The predicted octanol–water partition coefficient (Wildman–Crippen LogP) is 5.44. The van der Waals surface area contributed by atoms with Gasteiger partial charge in [0.1, 0.15) is 16.8 Å². The van der Waals surface area contributed by atoms with Crippen LogP contribution in [0.3, 0.4) is 0 Å². The molecule has 1 aliphatic heterocycles. The molecule has 41 heavy (non-hydrogen) atoms. The van der Waals surface area contributed by atoms with Crippen LogP contribution in [0.15, 0.2) is 60.2 Å². The van der Waals surface area contributed by atoms with E-state index < -0.39 is 11.8 Å². The Hall–Kier alpha value is -4.15. The van der Waals surface area contributed by atoms with Gasteiger partial charge in [0.25, 0.3) is 5.79 Å². The summed E-state index contributed by atoms with van der Waals surface area (Å²) in [6.07, 6.45) is 4.49. The van der Waals surface area contributed by atoms with Crippen LogP contribution < -0.4 is 18.9 Å². The Labute approximate surface area is 241 Å². The van der Waals surface area contributed by atoms with Crippen molar-refractivity contribution in [2.24, 2.45) is 0 Å². The van der Waals surface area contributed by atoms with Gasteiger partial charge in [-0.15, -0.1) is 0 Å². The zero-order valence-corrected chi connectivity index (χ0v) is 23.8. The summed E-state index contributed by atoms with van der Waals surface area (Å²) in [4.78, 5) is 13.5. The second-order valence-electron chi connectivity index (χ2n) is 10.1. The predicted molar refractivity (Wildman–Crippen MR) is 153 cm³/mol. The van der Waals surface area contributed by atoms with Crippen molar-refractivity contribution in [3.05, 3.63) is 76.9 Å². The van der Waals surface area contributed by atoms with Gasteiger partial charge in [0.2, 0.25) is 5.75 Å². The standard InChI is InChI=1S/C31H30N2O7S/c1-36-21-11-9-20(10-12-21)31(35)23(28(30(34)40-31)19-8-13-24-25(17-19)33-41-32-24)14-18-15-26(37-2)29(27(16-18)38-3)39-22-6-4-5-7-22/h8-13,15-17,22,35H,4-7,14H2,1-3H3. The Morgan fingerprint density at radius 2 is 1.61 bits per heavy atom. The van der Waals surface area contributed by atoms with Gasteiger partial charge in [-0.25, -0.2) is 4.79 Å². The topological polar surface area (TPSA) is 109 Å². The number of hydrogen-bond acceptors (Lipinski definition) is 10. The van der Waals surface area contributed by atoms with E-state index in [0.717, 1.165) is 48.5 Å². The van der Waals surface area contributed by atoms with E-state index in [-0.39, 0.29) is 18.1 Å². The van der Waals surface area contributed by atoms with E-state index in [4.69, 9.17) is 23.7 Å². The van der Waals surface area contributed by atoms with Crippen LogP contribution in [0, 0.1) is 0 Å². The second-order valence-corrected chi connectivity index (χ2v) is 10.6. The first kappa shape index (κ1) is 27.0. The summed E-state index contributed by atoms with van der Waals surface area (Å²) in [5.74, 6) is -0.469. The van der Waals surface area contributed by atoms with Crippen molar-refractivity contribution in [1.82, 2.24) is 8.75 Å². The molecule has 2 heterocycles. The molecule has 1 N–H and O–H groups in total. The minimum absolute atomic E-state index is 0.106. The molecule has 4 aromatic rings. The summed E-state index contributed by atoms with van der Waals surface area (Å²) >= 11 is 1.10. The van der Waals surface area contributed by atoms with Crippen LogP contribution >= 0.6 is 11.7 Å². The third-order valence-electron chi connectivity index (χ3n) is 7.67. The summed E-state index contributed by atoms with van der Waals surface area (Å²) in [6, 6.07) is 15.9. The third-order valence-corrected chi connectivity index (χ3v) is 8.22. The summed E-state index contributed by atoms with van der Waals surface area (Å²) in [7, 11) is 4.72. The highest BCUT2D eigenvalue weighted by atomic mass is 32.1. The molecule has 3 aromatic carbocycles. The molecular formula is C31H30N2O7S. The normalized spacial score (nSPS) is 19.1. The number of ether oxygens (including phenoxy) is 5. The Bertz CT molecular complexity index is 1600. The van der Waals surface area contributed by atoms with Crippen LogP contribution in [0.25, 0.3) is 16.6 Å². The van der Waals surface area contributed by atoms with Crippen molar-refractivity contribution < 1.29 is 33.6 Å². The van der Waals surface area contributed by atoms with E-state index >= 15 is 0 Å². The zero-order valence-electron chi connectivity index (χ0n) is 23.0. The molecule has 212 valence electrons. The maximum absolute atomic E-state index is 13.5. The number of methoxy groups -OCH3 is 3. The lowest BCUT2D eigenvalue weighted by atomic mass is 9.88. The molecule has 1 fully saturated rings. The molecule has 0 saturated heterocycles. The number of esters is 1. The van der Waals surface area contributed by atoms with Gasteiger partial charge < -0.3 is 28.8 Å². The van der Waals surface area contributed by atoms with Gasteiger partial charge in [-0.05, 0) is 85.3 Å². The summed E-state index contributed by atoms with van der Waals surface area (Å²) < 4.78 is 37.4. The van der Waals surface area contributed by atoms with Crippen LogP contribution in [0.1, 0.15) is 42.4 Å². The average Bonchev–Trinajstić information content (AvgIpc) is 3.73. The molecule has 6 rings (SSSR count). The molecular weight excluding hydrogens is 544 g/mol. The molecule has 1 aromatic heterocycles. The number of hydrogen-bond donors (Lipinski definition) is 1. The van der Waals surface area contributed by atoms with Crippen LogP contribution in [0.4, 0.5) is 0 Å². The smallest absolute Gasteiger partial charge is 0.342 e. The van der Waals surface area contributed by atoms with E-state index in [9.17, 15) is 9.90 Å². The largest absolute Gasteiger partial charge is 0.497 e. The fraction of sp³-hybridized carbons (Fsp3) is 0.323. The lowest BCUT2D eigenvalue weighted by molar-refractivity contribution is -0.185. The van der Waals surface area contributed by atoms with Crippen molar-refractivity contribution in [3.8, 4) is 23.0 Å². The highest BCUT2D eigenvalue weighted by molar-refractivity contribution is 7.00. The number of aliphatic hydroxyl groups is 1. The number of carbonyl (C=O) groups excluding carboxylic acids is 1. The first-order valence-electron chi connectivity index (χ1n) is 13.4. The van der Waals surface area contributed by atoms with Gasteiger partial charge >= 0.3 is 5.97 Å². The first-order valence-corrected chi connectivity index (χ1v) is 14.1. The Morgan fingerprint density at radius 3 is 2.27 bits per heavy atom. The zero-order chi connectivity index (χ0) is 28.6. The maximum Gasteiger partial charge on any atom is 0.342 e. The molecule has 0 amide bonds. The van der Waals surface area contributed by atoms with Gasteiger partial charge in [-0.3, -0.25) is 0 Å². The Kier molecular flexibility index (Phi) is 7.27. The Morgan fingerprint density at radius 1 is 0.927 bits per heavy atom. The molecule has 1 atom stereocenters. The summed E-state index contributed by atoms with van der Waals surface area (Å²) in [5, 5.41) is 12.1. The molecule has 0 bridgehead atoms. The van der Waals surface area contributed by atoms with Crippen molar-refractivity contribution in [2.75, 3.05) is 21.3 Å². The maximum atomic E-state index is 13.5. The lowest BCUT2D eigenvalue weighted by Gasteiger charge is -2.26. The minimum Gasteiger partial charge on any atom is -0.497 e. The number of cyclic esters (lactones) is 1. The third kappa shape index (κ3) is 4.98. The van der Waals surface area contributed by atoms with Gasteiger partial charge in [-0.2, -0.15) is 8.75 Å². The van der Waals surface area contributed by atoms with Crippen LogP contribution in [-0.2, 0) is 21.7 Å². The minimum atomic E-state index is -2.02. The number of benzene rings is 3. The fourth-order valence-corrected chi connectivity index (χ4v) is 6.07. The summed E-state index contributed by atoms with van der Waals surface area (Å²) in [6.45, 7) is 0. The fourth-order valence-electron chi connectivity index (χ4n) is 5.56. The highest BCUT2D eigenvalue weighted by Crippen LogP contribution is 2.47. The SMILES string of the molecule is COc1ccc(C2(O)OC(=O)C(c3ccc4nsnc4c3)=C2Cc2cc(OC)c(OC3CCCC3)c(OC)c2)cc1. The quantitative estimate of drug-likeness (QED) is 0.262. The van der Waals surface area contributed by atoms with Crippen molar-refractivity contribution in [3.63, 3.8) is 0 Å². The van der Waals surface area contributed by atoms with E-state index in [0.29, 0.717) is 45.2 Å². The van der Waals surface area contributed by atoms with E-state index in [1.807, 2.05) is 12.1 Å². The van der Waals surface area contributed by atoms with Gasteiger partial charge in [0, 0.05) is 17.6 Å². The number of carbonyl (C=O) groups is 1. The molecule has 0 spiro atoms. The molecule has 9 nitrogen and oxygen atoms in total. The average molecular weight is 575 g/mol. The van der Waals surface area contributed by atoms with Gasteiger partial charge in [0.15, 0.2) is 11.5 Å². The number of aromatic nitrogens is 2. The van der Waals surface area contributed by atoms with Crippen molar-refractivity contribution >= 4 is 34.3 Å². The van der Waals surface area contributed by atoms with Crippen LogP contribution in [0.2, 0.25) is 0 Å². The molecule has 10 heteroatoms. The van der Waals surface area contributed by atoms with Gasteiger partial charge in [-0.1, -0.05) is 6.07 Å². The number of rotatable bonds is 9. The highest BCUT2D eigenvalue weighted by Gasteiger charge is 2.48. The lowest BCUT2D eigenvalue weighted by Crippen LogP contribution is -2.29. The van der Waals surface area contributed by atoms with E-state index in [2.05, 4.69) is 8.75 Å². The number of fused-ring (bicyclic) bond motifs is 1. The van der Waals surface area contributed by atoms with E-state index in [1.165, 1.54) is 0 Å². The first-order chi connectivity index (χ1) is 19.9. The van der Waals surface area contributed by atoms with Crippen LogP contribution in [0.5, 0.6) is 23.0 Å². The molecule has 1 aliphatic carbocycles. The van der Waals surface area contributed by atoms with E-state index in [1.54, 1.807) is 63.8 Å². The van der Waals surface area contributed by atoms with Gasteiger partial charge in [0.05, 0.1) is 44.7 Å². The van der Waals surface area contributed by atoms with Crippen LogP contribution in [-0.4, -0.2) is 47.3 Å².